The van der Waals surface area contributed by atoms with Gasteiger partial charge in [-0.25, -0.2) is 8.78 Å². The second-order valence-corrected chi connectivity index (χ2v) is 5.82. The van der Waals surface area contributed by atoms with E-state index in [2.05, 4.69) is 5.32 Å². The SMILES string of the molecule is CCN(CC(=O)Nc1c(F)cccc1F)C(=O)C=Cc1cccc(Cl)c1. The topological polar surface area (TPSA) is 49.4 Å². The number of carbonyl (C=O) groups is 2. The van der Waals surface area contributed by atoms with Crippen LogP contribution in [-0.2, 0) is 9.59 Å². The van der Waals surface area contributed by atoms with Gasteiger partial charge in [-0.2, -0.15) is 0 Å². The molecule has 0 saturated heterocycles. The molecular formula is C19H17ClF2N2O2. The van der Waals surface area contributed by atoms with Crippen LogP contribution in [-0.4, -0.2) is 29.8 Å². The molecule has 26 heavy (non-hydrogen) atoms. The molecule has 0 bridgehead atoms. The summed E-state index contributed by atoms with van der Waals surface area (Å²) in [7, 11) is 0. The number of hydrogen-bond acceptors (Lipinski definition) is 2. The Morgan fingerprint density at radius 3 is 2.42 bits per heavy atom. The second kappa shape index (κ2) is 9.10. The van der Waals surface area contributed by atoms with Crippen molar-refractivity contribution in [2.75, 3.05) is 18.4 Å². The first-order chi connectivity index (χ1) is 12.4. The van der Waals surface area contributed by atoms with Crippen LogP contribution in [0.5, 0.6) is 0 Å². The molecule has 0 aromatic heterocycles. The molecule has 0 aliphatic heterocycles. The quantitative estimate of drug-likeness (QED) is 0.769. The van der Waals surface area contributed by atoms with Crippen molar-refractivity contribution in [3.8, 4) is 0 Å². The highest BCUT2D eigenvalue weighted by Crippen LogP contribution is 2.18. The minimum absolute atomic E-state index is 0.256. The Kier molecular flexibility index (Phi) is 6.86. The Bertz CT molecular complexity index is 820. The summed E-state index contributed by atoms with van der Waals surface area (Å²) in [6, 6.07) is 10.2. The van der Waals surface area contributed by atoms with Crippen molar-refractivity contribution in [1.82, 2.24) is 4.90 Å². The first kappa shape index (κ1) is 19.6. The fraction of sp³-hybridized carbons (Fsp3) is 0.158. The number of anilines is 1. The molecule has 2 rings (SSSR count). The molecule has 2 aromatic carbocycles. The summed E-state index contributed by atoms with van der Waals surface area (Å²) in [6.45, 7) is 1.62. The molecule has 0 unspecified atom stereocenters. The van der Waals surface area contributed by atoms with E-state index in [1.165, 1.54) is 17.0 Å². The largest absolute Gasteiger partial charge is 0.330 e. The van der Waals surface area contributed by atoms with E-state index in [0.29, 0.717) is 5.02 Å². The van der Waals surface area contributed by atoms with E-state index in [9.17, 15) is 18.4 Å². The van der Waals surface area contributed by atoms with Gasteiger partial charge in [-0.1, -0.05) is 29.8 Å². The van der Waals surface area contributed by atoms with Crippen molar-refractivity contribution in [2.24, 2.45) is 0 Å². The Labute approximate surface area is 155 Å². The lowest BCUT2D eigenvalue weighted by Gasteiger charge is -2.18. The van der Waals surface area contributed by atoms with Crippen molar-refractivity contribution < 1.29 is 18.4 Å². The molecule has 0 aliphatic carbocycles. The third kappa shape index (κ3) is 5.39. The lowest BCUT2D eigenvalue weighted by Crippen LogP contribution is -2.37. The van der Waals surface area contributed by atoms with Crippen LogP contribution in [0.3, 0.4) is 0 Å². The fourth-order valence-electron chi connectivity index (χ4n) is 2.20. The molecule has 0 radical (unpaired) electrons. The van der Waals surface area contributed by atoms with Gasteiger partial charge in [-0.15, -0.1) is 0 Å². The van der Waals surface area contributed by atoms with Gasteiger partial charge in [0.1, 0.15) is 23.9 Å². The molecule has 7 heteroatoms. The normalized spacial score (nSPS) is 10.8. The molecule has 136 valence electrons. The first-order valence-corrected chi connectivity index (χ1v) is 8.25. The zero-order valence-electron chi connectivity index (χ0n) is 14.0. The highest BCUT2D eigenvalue weighted by atomic mass is 35.5. The molecule has 4 nitrogen and oxygen atoms in total. The summed E-state index contributed by atoms with van der Waals surface area (Å²) >= 11 is 5.88. The van der Waals surface area contributed by atoms with Crippen molar-refractivity contribution in [3.63, 3.8) is 0 Å². The number of benzene rings is 2. The fourth-order valence-corrected chi connectivity index (χ4v) is 2.40. The van der Waals surface area contributed by atoms with E-state index in [4.69, 9.17) is 11.6 Å². The van der Waals surface area contributed by atoms with Crippen molar-refractivity contribution >= 4 is 35.2 Å². The Morgan fingerprint density at radius 1 is 1.15 bits per heavy atom. The summed E-state index contributed by atoms with van der Waals surface area (Å²) in [5.74, 6) is -2.86. The molecular weight excluding hydrogens is 362 g/mol. The first-order valence-electron chi connectivity index (χ1n) is 7.87. The third-order valence-electron chi connectivity index (χ3n) is 3.52. The van der Waals surface area contributed by atoms with Crippen molar-refractivity contribution in [3.05, 3.63) is 70.8 Å². The minimum atomic E-state index is -0.881. The molecule has 0 saturated carbocycles. The number of para-hydroxylation sites is 1. The Balaban J connectivity index is 2.01. The molecule has 0 aliphatic rings. The molecule has 1 N–H and O–H groups in total. The van der Waals surface area contributed by atoms with Gasteiger partial charge < -0.3 is 10.2 Å². The average molecular weight is 379 g/mol. The molecule has 2 aromatic rings. The van der Waals surface area contributed by atoms with Crippen molar-refractivity contribution in [2.45, 2.75) is 6.92 Å². The van der Waals surface area contributed by atoms with E-state index >= 15 is 0 Å². The zero-order chi connectivity index (χ0) is 19.1. The highest BCUT2D eigenvalue weighted by molar-refractivity contribution is 6.30. The minimum Gasteiger partial charge on any atom is -0.330 e. The maximum atomic E-state index is 13.6. The van der Waals surface area contributed by atoms with Crippen LogP contribution in [0.15, 0.2) is 48.5 Å². The van der Waals surface area contributed by atoms with Crippen LogP contribution in [0.2, 0.25) is 5.02 Å². The second-order valence-electron chi connectivity index (χ2n) is 5.39. The standard InChI is InChI=1S/C19H17ClF2N2O2/c1-2-24(18(26)10-9-13-5-3-6-14(20)11-13)12-17(25)23-19-15(21)7-4-8-16(19)22/h3-11H,2,12H2,1H3,(H,23,25). The monoisotopic (exact) mass is 378 g/mol. The lowest BCUT2D eigenvalue weighted by molar-refractivity contribution is -0.130. The lowest BCUT2D eigenvalue weighted by atomic mass is 10.2. The highest BCUT2D eigenvalue weighted by Gasteiger charge is 2.16. The smallest absolute Gasteiger partial charge is 0.247 e. The molecule has 0 atom stereocenters. The van der Waals surface area contributed by atoms with Crippen LogP contribution in [0.4, 0.5) is 14.5 Å². The van der Waals surface area contributed by atoms with E-state index in [0.717, 1.165) is 17.7 Å². The Hall–Kier alpha value is -2.73. The van der Waals surface area contributed by atoms with E-state index in [1.807, 2.05) is 0 Å². The summed E-state index contributed by atoms with van der Waals surface area (Å²) in [4.78, 5) is 25.5. The van der Waals surface area contributed by atoms with Gasteiger partial charge in [-0.3, -0.25) is 9.59 Å². The number of amides is 2. The van der Waals surface area contributed by atoms with Crippen LogP contribution in [0.1, 0.15) is 12.5 Å². The number of nitrogens with one attached hydrogen (secondary N) is 1. The van der Waals surface area contributed by atoms with Gasteiger partial charge >= 0.3 is 0 Å². The van der Waals surface area contributed by atoms with Gasteiger partial charge in [0, 0.05) is 17.6 Å². The number of rotatable bonds is 6. The summed E-state index contributed by atoms with van der Waals surface area (Å²) in [6.07, 6.45) is 2.89. The van der Waals surface area contributed by atoms with Gasteiger partial charge in [0.15, 0.2) is 0 Å². The Morgan fingerprint density at radius 2 is 1.81 bits per heavy atom. The van der Waals surface area contributed by atoms with Gasteiger partial charge in [0.05, 0.1) is 0 Å². The predicted octanol–water partition coefficient (Wildman–Crippen LogP) is 4.12. The molecule has 0 fully saturated rings. The van der Waals surface area contributed by atoms with E-state index < -0.39 is 29.1 Å². The average Bonchev–Trinajstić information content (AvgIpc) is 2.61. The van der Waals surface area contributed by atoms with Gasteiger partial charge in [0.25, 0.3) is 0 Å². The number of likely N-dealkylation sites (N-methyl/N-ethyl adjacent to an activating group) is 1. The maximum absolute atomic E-state index is 13.6. The maximum Gasteiger partial charge on any atom is 0.247 e. The van der Waals surface area contributed by atoms with E-state index in [-0.39, 0.29) is 13.1 Å². The number of carbonyl (C=O) groups excluding carboxylic acids is 2. The molecule has 0 spiro atoms. The summed E-state index contributed by atoms with van der Waals surface area (Å²) < 4.78 is 27.1. The summed E-state index contributed by atoms with van der Waals surface area (Å²) in [5.41, 5.74) is 0.204. The third-order valence-corrected chi connectivity index (χ3v) is 3.76. The van der Waals surface area contributed by atoms with Crippen LogP contribution in [0, 0.1) is 11.6 Å². The summed E-state index contributed by atoms with van der Waals surface area (Å²) in [5, 5.41) is 2.70. The van der Waals surface area contributed by atoms with Gasteiger partial charge in [0.2, 0.25) is 11.8 Å². The van der Waals surface area contributed by atoms with E-state index in [1.54, 1.807) is 37.3 Å². The van der Waals surface area contributed by atoms with Gasteiger partial charge in [-0.05, 0) is 42.8 Å². The van der Waals surface area contributed by atoms with Crippen LogP contribution < -0.4 is 5.32 Å². The van der Waals surface area contributed by atoms with Crippen LogP contribution in [0.25, 0.3) is 6.08 Å². The number of hydrogen-bond donors (Lipinski definition) is 1. The van der Waals surface area contributed by atoms with Crippen molar-refractivity contribution in [1.29, 1.82) is 0 Å². The zero-order valence-corrected chi connectivity index (χ0v) is 14.8. The number of nitrogens with zero attached hydrogens (tertiary/aromatic N) is 1. The number of halogens is 3. The predicted molar refractivity (Wildman–Crippen MR) is 97.7 cm³/mol. The molecule has 2 amide bonds. The van der Waals surface area contributed by atoms with Crippen LogP contribution >= 0.6 is 11.6 Å². The molecule has 0 heterocycles.